The zero-order chi connectivity index (χ0) is 14.4. The summed E-state index contributed by atoms with van der Waals surface area (Å²) < 4.78 is 5.55. The lowest BCUT2D eigenvalue weighted by Crippen LogP contribution is -2.35. The predicted molar refractivity (Wildman–Crippen MR) is 79.8 cm³/mol. The first-order valence-electron chi connectivity index (χ1n) is 6.39. The Morgan fingerprint density at radius 1 is 1.15 bits per heavy atom. The van der Waals surface area contributed by atoms with Crippen LogP contribution in [0, 0.1) is 0 Å². The average molecular weight is 290 g/mol. The van der Waals surface area contributed by atoms with Crippen molar-refractivity contribution in [2.45, 2.75) is 19.6 Å². The van der Waals surface area contributed by atoms with Crippen molar-refractivity contribution in [2.24, 2.45) is 0 Å². The summed E-state index contributed by atoms with van der Waals surface area (Å²) in [4.78, 5) is 12.0. The Kier molecular flexibility index (Phi) is 5.02. The SMILES string of the molecule is C[C@H](Oc1ccccc1Cl)C(=O)NCc1ccccc1. The number of carbonyl (C=O) groups is 1. The van der Waals surface area contributed by atoms with Gasteiger partial charge in [-0.2, -0.15) is 0 Å². The van der Waals surface area contributed by atoms with Crippen LogP contribution >= 0.6 is 11.6 Å². The number of amides is 1. The van der Waals surface area contributed by atoms with Crippen LogP contribution in [-0.4, -0.2) is 12.0 Å². The first kappa shape index (κ1) is 14.4. The molecule has 0 saturated carbocycles. The van der Waals surface area contributed by atoms with Crippen molar-refractivity contribution in [1.29, 1.82) is 0 Å². The third-order valence-corrected chi connectivity index (χ3v) is 3.13. The van der Waals surface area contributed by atoms with Gasteiger partial charge in [0.1, 0.15) is 5.75 Å². The molecule has 0 bridgehead atoms. The van der Waals surface area contributed by atoms with Gasteiger partial charge in [-0.15, -0.1) is 0 Å². The van der Waals surface area contributed by atoms with Crippen molar-refractivity contribution < 1.29 is 9.53 Å². The van der Waals surface area contributed by atoms with Crippen LogP contribution in [0.5, 0.6) is 5.75 Å². The quantitative estimate of drug-likeness (QED) is 0.916. The van der Waals surface area contributed by atoms with Gasteiger partial charge in [-0.3, -0.25) is 4.79 Å². The zero-order valence-electron chi connectivity index (χ0n) is 11.2. The molecule has 20 heavy (non-hydrogen) atoms. The number of benzene rings is 2. The number of hydrogen-bond acceptors (Lipinski definition) is 2. The largest absolute Gasteiger partial charge is 0.479 e. The molecule has 4 heteroatoms. The van der Waals surface area contributed by atoms with Gasteiger partial charge >= 0.3 is 0 Å². The number of nitrogens with one attached hydrogen (secondary N) is 1. The molecule has 0 aromatic heterocycles. The summed E-state index contributed by atoms with van der Waals surface area (Å²) >= 11 is 5.99. The summed E-state index contributed by atoms with van der Waals surface area (Å²) in [5.41, 5.74) is 1.05. The summed E-state index contributed by atoms with van der Waals surface area (Å²) in [5.74, 6) is 0.338. The van der Waals surface area contributed by atoms with Crippen LogP contribution in [0.25, 0.3) is 0 Å². The topological polar surface area (TPSA) is 38.3 Å². The molecule has 3 nitrogen and oxygen atoms in total. The lowest BCUT2D eigenvalue weighted by atomic mass is 10.2. The number of hydrogen-bond donors (Lipinski definition) is 1. The van der Waals surface area contributed by atoms with E-state index in [1.165, 1.54) is 0 Å². The Balaban J connectivity index is 1.88. The van der Waals surface area contributed by atoms with Crippen molar-refractivity contribution in [3.63, 3.8) is 0 Å². The second kappa shape index (κ2) is 6.96. The minimum atomic E-state index is -0.599. The molecule has 0 aliphatic carbocycles. The summed E-state index contributed by atoms with van der Waals surface area (Å²) in [7, 11) is 0. The van der Waals surface area contributed by atoms with Gasteiger partial charge in [-0.05, 0) is 24.6 Å². The molecule has 0 spiro atoms. The van der Waals surface area contributed by atoms with E-state index < -0.39 is 6.10 Å². The molecule has 2 rings (SSSR count). The Labute approximate surface area is 123 Å². The van der Waals surface area contributed by atoms with Crippen molar-refractivity contribution >= 4 is 17.5 Å². The molecule has 0 saturated heterocycles. The van der Waals surface area contributed by atoms with Gasteiger partial charge in [0.2, 0.25) is 0 Å². The molecule has 2 aromatic rings. The smallest absolute Gasteiger partial charge is 0.261 e. The Morgan fingerprint density at radius 3 is 2.50 bits per heavy atom. The van der Waals surface area contributed by atoms with Crippen molar-refractivity contribution in [3.05, 3.63) is 65.2 Å². The van der Waals surface area contributed by atoms with E-state index in [9.17, 15) is 4.79 Å². The van der Waals surface area contributed by atoms with Crippen LogP contribution in [0.1, 0.15) is 12.5 Å². The van der Waals surface area contributed by atoms with E-state index in [1.807, 2.05) is 42.5 Å². The summed E-state index contributed by atoms with van der Waals surface area (Å²) in [6.45, 7) is 2.18. The van der Waals surface area contributed by atoms with Gasteiger partial charge in [-0.1, -0.05) is 54.1 Å². The molecule has 0 fully saturated rings. The van der Waals surface area contributed by atoms with Gasteiger partial charge in [-0.25, -0.2) is 0 Å². The molecule has 0 heterocycles. The molecule has 1 atom stereocenters. The molecule has 1 amide bonds. The minimum Gasteiger partial charge on any atom is -0.479 e. The standard InChI is InChI=1S/C16H16ClNO2/c1-12(20-15-10-6-5-9-14(15)17)16(19)18-11-13-7-3-2-4-8-13/h2-10,12H,11H2,1H3,(H,18,19)/t12-/m0/s1. The normalized spacial score (nSPS) is 11.7. The van der Waals surface area contributed by atoms with E-state index in [1.54, 1.807) is 19.1 Å². The number of ether oxygens (including phenoxy) is 1. The average Bonchev–Trinajstić information content (AvgIpc) is 2.48. The molecule has 0 unspecified atom stereocenters. The summed E-state index contributed by atoms with van der Waals surface area (Å²) in [6.07, 6.45) is -0.599. The van der Waals surface area contributed by atoms with Crippen molar-refractivity contribution in [3.8, 4) is 5.75 Å². The van der Waals surface area contributed by atoms with Gasteiger partial charge in [0.05, 0.1) is 5.02 Å². The minimum absolute atomic E-state index is 0.172. The molecular formula is C16H16ClNO2. The second-order valence-electron chi connectivity index (χ2n) is 4.39. The van der Waals surface area contributed by atoms with E-state index in [0.717, 1.165) is 5.56 Å². The Hall–Kier alpha value is -2.00. The number of rotatable bonds is 5. The third kappa shape index (κ3) is 4.00. The fraction of sp³-hybridized carbons (Fsp3) is 0.188. The molecule has 0 aliphatic rings. The summed E-state index contributed by atoms with van der Waals surface area (Å²) in [5, 5.41) is 3.33. The Morgan fingerprint density at radius 2 is 1.80 bits per heavy atom. The molecule has 0 radical (unpaired) electrons. The number of halogens is 1. The first-order valence-corrected chi connectivity index (χ1v) is 6.77. The van der Waals surface area contributed by atoms with E-state index in [-0.39, 0.29) is 5.91 Å². The zero-order valence-corrected chi connectivity index (χ0v) is 11.9. The van der Waals surface area contributed by atoms with Crippen LogP contribution in [0.15, 0.2) is 54.6 Å². The number of carbonyl (C=O) groups excluding carboxylic acids is 1. The van der Waals surface area contributed by atoms with Gasteiger partial charge in [0.15, 0.2) is 6.10 Å². The lowest BCUT2D eigenvalue weighted by Gasteiger charge is -2.15. The summed E-state index contributed by atoms with van der Waals surface area (Å²) in [6, 6.07) is 16.8. The second-order valence-corrected chi connectivity index (χ2v) is 4.80. The van der Waals surface area contributed by atoms with E-state index in [2.05, 4.69) is 5.32 Å². The van der Waals surface area contributed by atoms with E-state index >= 15 is 0 Å². The maximum absolute atomic E-state index is 12.0. The lowest BCUT2D eigenvalue weighted by molar-refractivity contribution is -0.127. The highest BCUT2D eigenvalue weighted by molar-refractivity contribution is 6.32. The van der Waals surface area contributed by atoms with Crippen molar-refractivity contribution in [2.75, 3.05) is 0 Å². The first-order chi connectivity index (χ1) is 9.66. The monoisotopic (exact) mass is 289 g/mol. The van der Waals surface area contributed by atoms with Crippen LogP contribution in [0.3, 0.4) is 0 Å². The van der Waals surface area contributed by atoms with Crippen molar-refractivity contribution in [1.82, 2.24) is 5.32 Å². The highest BCUT2D eigenvalue weighted by Gasteiger charge is 2.15. The highest BCUT2D eigenvalue weighted by atomic mass is 35.5. The van der Waals surface area contributed by atoms with Gasteiger partial charge in [0, 0.05) is 6.54 Å². The number of para-hydroxylation sites is 1. The highest BCUT2D eigenvalue weighted by Crippen LogP contribution is 2.24. The van der Waals surface area contributed by atoms with E-state index in [0.29, 0.717) is 17.3 Å². The molecular weight excluding hydrogens is 274 g/mol. The predicted octanol–water partition coefficient (Wildman–Crippen LogP) is 3.42. The van der Waals surface area contributed by atoms with E-state index in [4.69, 9.17) is 16.3 Å². The van der Waals surface area contributed by atoms with Gasteiger partial charge in [0.25, 0.3) is 5.91 Å². The Bertz CT molecular complexity index is 572. The molecule has 0 aliphatic heterocycles. The fourth-order valence-electron chi connectivity index (χ4n) is 1.71. The van der Waals surface area contributed by atoms with Crippen LogP contribution in [-0.2, 0) is 11.3 Å². The molecule has 1 N–H and O–H groups in total. The van der Waals surface area contributed by atoms with Gasteiger partial charge < -0.3 is 10.1 Å². The van der Waals surface area contributed by atoms with Crippen LogP contribution < -0.4 is 10.1 Å². The maximum atomic E-state index is 12.0. The maximum Gasteiger partial charge on any atom is 0.261 e. The fourth-order valence-corrected chi connectivity index (χ4v) is 1.89. The van der Waals surface area contributed by atoms with Crippen LogP contribution in [0.4, 0.5) is 0 Å². The molecule has 104 valence electrons. The van der Waals surface area contributed by atoms with Crippen LogP contribution in [0.2, 0.25) is 5.02 Å². The third-order valence-electron chi connectivity index (χ3n) is 2.82. The molecule has 2 aromatic carbocycles.